The first-order chi connectivity index (χ1) is 9.08. The molecule has 0 saturated carbocycles. The molecular weight excluding hydrogens is 244 g/mol. The van der Waals surface area contributed by atoms with Gasteiger partial charge in [-0.2, -0.15) is 0 Å². The smallest absolute Gasteiger partial charge is 0.228 e. The van der Waals surface area contributed by atoms with Crippen LogP contribution in [0.5, 0.6) is 0 Å². The van der Waals surface area contributed by atoms with Crippen LogP contribution in [0.2, 0.25) is 0 Å². The first-order valence-electron chi connectivity index (χ1n) is 6.69. The molecule has 0 N–H and O–H groups in total. The van der Waals surface area contributed by atoms with E-state index >= 15 is 0 Å². The van der Waals surface area contributed by atoms with Crippen molar-refractivity contribution in [2.75, 3.05) is 14.2 Å². The maximum atomic E-state index is 12.3. The summed E-state index contributed by atoms with van der Waals surface area (Å²) in [6.07, 6.45) is 4.89. The number of carbonyl (C=O) groups excluding carboxylic acids is 2. The summed E-state index contributed by atoms with van der Waals surface area (Å²) < 4.78 is 10.0. The van der Waals surface area contributed by atoms with Gasteiger partial charge in [0.25, 0.3) is 0 Å². The molecule has 0 aromatic rings. The maximum Gasteiger partial charge on any atom is 0.228 e. The topological polar surface area (TPSA) is 52.6 Å². The molecule has 0 aromatic heterocycles. The zero-order chi connectivity index (χ0) is 14.4. The SMILES string of the molecule is CCCCCCC1=C(C)C(=O)C(OC)=C(OC)C1=O. The quantitative estimate of drug-likeness (QED) is 0.525. The molecule has 0 atom stereocenters. The Kier molecular flexibility index (Phi) is 5.80. The van der Waals surface area contributed by atoms with E-state index in [1.54, 1.807) is 6.92 Å². The molecule has 0 aromatic carbocycles. The fourth-order valence-corrected chi connectivity index (χ4v) is 2.22. The molecule has 0 radical (unpaired) electrons. The molecule has 19 heavy (non-hydrogen) atoms. The van der Waals surface area contributed by atoms with E-state index in [2.05, 4.69) is 6.92 Å². The van der Waals surface area contributed by atoms with Gasteiger partial charge in [0.2, 0.25) is 23.1 Å². The van der Waals surface area contributed by atoms with Gasteiger partial charge in [-0.05, 0) is 19.8 Å². The molecule has 0 bridgehead atoms. The van der Waals surface area contributed by atoms with Gasteiger partial charge in [-0.15, -0.1) is 0 Å². The van der Waals surface area contributed by atoms with Crippen LogP contribution in [0.1, 0.15) is 46.0 Å². The van der Waals surface area contributed by atoms with E-state index in [4.69, 9.17) is 9.47 Å². The van der Waals surface area contributed by atoms with Crippen molar-refractivity contribution in [3.63, 3.8) is 0 Å². The van der Waals surface area contributed by atoms with Gasteiger partial charge in [0.1, 0.15) is 0 Å². The summed E-state index contributed by atoms with van der Waals surface area (Å²) >= 11 is 0. The third-order valence-electron chi connectivity index (χ3n) is 3.37. The molecule has 0 spiro atoms. The Balaban J connectivity index is 2.90. The molecule has 0 unspecified atom stereocenters. The van der Waals surface area contributed by atoms with Crippen LogP contribution in [-0.2, 0) is 19.1 Å². The number of Topliss-reactive ketones (excluding diaryl/α,β-unsaturated/α-hetero) is 2. The normalized spacial score (nSPS) is 16.2. The minimum atomic E-state index is -0.246. The summed E-state index contributed by atoms with van der Waals surface area (Å²) in [6, 6.07) is 0. The lowest BCUT2D eigenvalue weighted by Gasteiger charge is -2.20. The third-order valence-corrected chi connectivity index (χ3v) is 3.37. The van der Waals surface area contributed by atoms with E-state index in [9.17, 15) is 9.59 Å². The zero-order valence-electron chi connectivity index (χ0n) is 12.2. The van der Waals surface area contributed by atoms with Crippen molar-refractivity contribution < 1.29 is 19.1 Å². The minimum absolute atomic E-state index is 0.0160. The Bertz CT molecular complexity index is 429. The van der Waals surface area contributed by atoms with Crippen LogP contribution >= 0.6 is 0 Å². The molecule has 4 nitrogen and oxygen atoms in total. The summed E-state index contributed by atoms with van der Waals surface area (Å²) in [5.74, 6) is -0.414. The number of hydrogen-bond donors (Lipinski definition) is 0. The number of ketones is 2. The number of allylic oxidation sites excluding steroid dienone is 2. The van der Waals surface area contributed by atoms with Crippen LogP contribution in [-0.4, -0.2) is 25.8 Å². The highest BCUT2D eigenvalue weighted by Crippen LogP contribution is 2.28. The van der Waals surface area contributed by atoms with Gasteiger partial charge in [-0.1, -0.05) is 26.2 Å². The second kappa shape index (κ2) is 7.12. The molecule has 0 amide bonds. The molecule has 0 fully saturated rings. The lowest BCUT2D eigenvalue weighted by atomic mass is 9.89. The third kappa shape index (κ3) is 3.25. The highest BCUT2D eigenvalue weighted by Gasteiger charge is 2.34. The average Bonchev–Trinajstić information content (AvgIpc) is 2.41. The zero-order valence-corrected chi connectivity index (χ0v) is 12.2. The summed E-state index contributed by atoms with van der Waals surface area (Å²) in [6.45, 7) is 3.82. The summed E-state index contributed by atoms with van der Waals surface area (Å²) in [5.41, 5.74) is 1.05. The molecule has 1 aliphatic carbocycles. The van der Waals surface area contributed by atoms with E-state index in [-0.39, 0.29) is 23.1 Å². The van der Waals surface area contributed by atoms with Gasteiger partial charge >= 0.3 is 0 Å². The molecule has 1 aliphatic rings. The Morgan fingerprint density at radius 3 is 2.00 bits per heavy atom. The van der Waals surface area contributed by atoms with Gasteiger partial charge in [-0.3, -0.25) is 9.59 Å². The van der Waals surface area contributed by atoms with Crippen LogP contribution in [0.3, 0.4) is 0 Å². The monoisotopic (exact) mass is 266 g/mol. The van der Waals surface area contributed by atoms with Crippen LogP contribution < -0.4 is 0 Å². The first-order valence-corrected chi connectivity index (χ1v) is 6.69. The van der Waals surface area contributed by atoms with Crippen molar-refractivity contribution >= 4 is 11.6 Å². The lowest BCUT2D eigenvalue weighted by molar-refractivity contribution is -0.121. The largest absolute Gasteiger partial charge is 0.489 e. The van der Waals surface area contributed by atoms with Crippen molar-refractivity contribution in [2.45, 2.75) is 46.0 Å². The van der Waals surface area contributed by atoms with Crippen LogP contribution in [0.4, 0.5) is 0 Å². The maximum absolute atomic E-state index is 12.3. The standard InChI is InChI=1S/C15H22O4/c1-5-6-7-8-9-11-10(2)12(16)14(18-3)15(19-4)13(11)17/h5-9H2,1-4H3. The molecule has 1 rings (SSSR count). The fourth-order valence-electron chi connectivity index (χ4n) is 2.22. The molecule has 106 valence electrons. The fraction of sp³-hybridized carbons (Fsp3) is 0.600. The summed E-state index contributed by atoms with van der Waals surface area (Å²) in [5, 5.41) is 0. The Morgan fingerprint density at radius 1 is 0.895 bits per heavy atom. The van der Waals surface area contributed by atoms with Crippen molar-refractivity contribution in [3.8, 4) is 0 Å². The molecule has 0 heterocycles. The van der Waals surface area contributed by atoms with E-state index < -0.39 is 0 Å². The number of hydrogen-bond acceptors (Lipinski definition) is 4. The first kappa shape index (κ1) is 15.5. The number of carbonyl (C=O) groups is 2. The van der Waals surface area contributed by atoms with Crippen LogP contribution in [0.15, 0.2) is 22.7 Å². The van der Waals surface area contributed by atoms with Crippen LogP contribution in [0.25, 0.3) is 0 Å². The van der Waals surface area contributed by atoms with Crippen molar-refractivity contribution in [1.29, 1.82) is 0 Å². The second-order valence-corrected chi connectivity index (χ2v) is 4.64. The molecule has 0 saturated heterocycles. The van der Waals surface area contributed by atoms with E-state index in [0.717, 1.165) is 25.7 Å². The minimum Gasteiger partial charge on any atom is -0.489 e. The van der Waals surface area contributed by atoms with Gasteiger partial charge in [-0.25, -0.2) is 0 Å². The van der Waals surface area contributed by atoms with Crippen molar-refractivity contribution in [3.05, 3.63) is 22.7 Å². The highest BCUT2D eigenvalue weighted by molar-refractivity contribution is 6.23. The van der Waals surface area contributed by atoms with Gasteiger partial charge < -0.3 is 9.47 Å². The molecule has 4 heteroatoms. The number of unbranched alkanes of at least 4 members (excludes halogenated alkanes) is 3. The van der Waals surface area contributed by atoms with E-state index in [1.807, 2.05) is 0 Å². The Labute approximate surface area is 114 Å². The van der Waals surface area contributed by atoms with Crippen molar-refractivity contribution in [1.82, 2.24) is 0 Å². The predicted octanol–water partition coefficient (Wildman–Crippen LogP) is 2.93. The second-order valence-electron chi connectivity index (χ2n) is 4.64. The highest BCUT2D eigenvalue weighted by atomic mass is 16.5. The van der Waals surface area contributed by atoms with E-state index in [0.29, 0.717) is 17.6 Å². The summed E-state index contributed by atoms with van der Waals surface area (Å²) in [7, 11) is 2.76. The van der Waals surface area contributed by atoms with Crippen molar-refractivity contribution in [2.24, 2.45) is 0 Å². The number of rotatable bonds is 7. The van der Waals surface area contributed by atoms with Gasteiger partial charge in [0, 0.05) is 11.1 Å². The Morgan fingerprint density at radius 2 is 1.47 bits per heavy atom. The number of ether oxygens (including phenoxy) is 2. The predicted molar refractivity (Wildman–Crippen MR) is 72.5 cm³/mol. The number of methoxy groups -OCH3 is 2. The van der Waals surface area contributed by atoms with E-state index in [1.165, 1.54) is 14.2 Å². The Hall–Kier alpha value is -1.58. The van der Waals surface area contributed by atoms with Gasteiger partial charge in [0.05, 0.1) is 14.2 Å². The molecular formula is C15H22O4. The van der Waals surface area contributed by atoms with Gasteiger partial charge in [0.15, 0.2) is 0 Å². The van der Waals surface area contributed by atoms with Crippen LogP contribution in [0, 0.1) is 0 Å². The lowest BCUT2D eigenvalue weighted by Crippen LogP contribution is -2.25. The average molecular weight is 266 g/mol. The molecule has 0 aliphatic heterocycles. The summed E-state index contributed by atoms with van der Waals surface area (Å²) in [4.78, 5) is 24.4.